The van der Waals surface area contributed by atoms with Gasteiger partial charge in [-0.3, -0.25) is 4.79 Å². The summed E-state index contributed by atoms with van der Waals surface area (Å²) in [5.41, 5.74) is 1.97. The van der Waals surface area contributed by atoms with Crippen LogP contribution in [0.25, 0.3) is 0 Å². The molecule has 1 N–H and O–H groups in total. The molecule has 1 atom stereocenters. The van der Waals surface area contributed by atoms with E-state index in [0.29, 0.717) is 0 Å². The Morgan fingerprint density at radius 3 is 2.63 bits per heavy atom. The third kappa shape index (κ3) is 2.98. The highest BCUT2D eigenvalue weighted by atomic mass is 16.2. The van der Waals surface area contributed by atoms with Crippen molar-refractivity contribution in [3.8, 4) is 0 Å². The van der Waals surface area contributed by atoms with Crippen molar-refractivity contribution in [2.45, 2.75) is 39.2 Å². The molecule has 0 aromatic heterocycles. The molecule has 1 amide bonds. The second kappa shape index (κ2) is 5.33. The van der Waals surface area contributed by atoms with E-state index in [-0.39, 0.29) is 17.4 Å². The predicted molar refractivity (Wildman–Crippen MR) is 78.5 cm³/mol. The Morgan fingerprint density at radius 2 is 2.00 bits per heavy atom. The smallest absolute Gasteiger partial charge is 0.254 e. The Morgan fingerprint density at radius 1 is 1.32 bits per heavy atom. The molecule has 0 saturated carbocycles. The molecule has 3 heteroatoms. The summed E-state index contributed by atoms with van der Waals surface area (Å²) in [6.45, 7) is 11.1. The number of amides is 1. The van der Waals surface area contributed by atoms with E-state index in [1.54, 1.807) is 0 Å². The van der Waals surface area contributed by atoms with Crippen molar-refractivity contribution in [3.63, 3.8) is 0 Å². The first kappa shape index (κ1) is 14.1. The van der Waals surface area contributed by atoms with E-state index in [1.807, 2.05) is 23.1 Å². The minimum absolute atomic E-state index is 0.0104. The molecule has 104 valence electrons. The summed E-state index contributed by atoms with van der Waals surface area (Å²) < 4.78 is 0. The minimum atomic E-state index is -0.0104. The highest BCUT2D eigenvalue weighted by Gasteiger charge is 2.28. The third-order valence-corrected chi connectivity index (χ3v) is 3.73. The van der Waals surface area contributed by atoms with Gasteiger partial charge in [0.25, 0.3) is 5.91 Å². The Balaban J connectivity index is 2.33. The molecular weight excluding hydrogens is 236 g/mol. The van der Waals surface area contributed by atoms with Gasteiger partial charge in [-0.1, -0.05) is 39.0 Å². The van der Waals surface area contributed by atoms with Gasteiger partial charge in [0.05, 0.1) is 0 Å². The molecule has 1 saturated heterocycles. The largest absolute Gasteiger partial charge is 0.333 e. The van der Waals surface area contributed by atoms with Gasteiger partial charge in [0, 0.05) is 31.2 Å². The van der Waals surface area contributed by atoms with Crippen LogP contribution in [0.2, 0.25) is 0 Å². The lowest BCUT2D eigenvalue weighted by Crippen LogP contribution is -2.52. The van der Waals surface area contributed by atoms with Crippen LogP contribution in [0.15, 0.2) is 24.3 Å². The second-order valence-corrected chi connectivity index (χ2v) is 6.35. The monoisotopic (exact) mass is 260 g/mol. The van der Waals surface area contributed by atoms with Crippen molar-refractivity contribution in [2.75, 3.05) is 19.6 Å². The zero-order valence-corrected chi connectivity index (χ0v) is 12.4. The minimum Gasteiger partial charge on any atom is -0.333 e. The molecule has 19 heavy (non-hydrogen) atoms. The van der Waals surface area contributed by atoms with Crippen LogP contribution in [0, 0.1) is 0 Å². The zero-order chi connectivity index (χ0) is 14.0. The highest BCUT2D eigenvalue weighted by Crippen LogP contribution is 2.27. The first-order chi connectivity index (χ1) is 8.91. The standard InChI is InChI=1S/C16H24N2O/c1-12-11-17-9-10-18(12)15(19)13-7-5-6-8-14(13)16(2,3)4/h5-8,12,17H,9-11H2,1-4H3/t12-/m0/s1. The molecule has 0 spiro atoms. The number of carbonyl (C=O) groups is 1. The average molecular weight is 260 g/mol. The predicted octanol–water partition coefficient (Wildman–Crippen LogP) is 2.42. The summed E-state index contributed by atoms with van der Waals surface area (Å²) in [4.78, 5) is 14.8. The molecule has 1 aliphatic heterocycles. The summed E-state index contributed by atoms with van der Waals surface area (Å²) >= 11 is 0. The third-order valence-electron chi connectivity index (χ3n) is 3.73. The molecule has 0 radical (unpaired) electrons. The molecule has 0 bridgehead atoms. The van der Waals surface area contributed by atoms with Crippen LogP contribution in [0.3, 0.4) is 0 Å². The molecular formula is C16H24N2O. The Hall–Kier alpha value is -1.35. The van der Waals surface area contributed by atoms with E-state index in [2.05, 4.69) is 39.1 Å². The highest BCUT2D eigenvalue weighted by molar-refractivity contribution is 5.96. The molecule has 3 nitrogen and oxygen atoms in total. The van der Waals surface area contributed by atoms with E-state index < -0.39 is 0 Å². The van der Waals surface area contributed by atoms with Crippen LogP contribution in [-0.4, -0.2) is 36.5 Å². The SMILES string of the molecule is C[C@H]1CNCCN1C(=O)c1ccccc1C(C)(C)C. The van der Waals surface area contributed by atoms with Gasteiger partial charge in [0.2, 0.25) is 0 Å². The van der Waals surface area contributed by atoms with Gasteiger partial charge in [-0.15, -0.1) is 0 Å². The molecule has 1 aromatic carbocycles. The lowest BCUT2D eigenvalue weighted by molar-refractivity contribution is 0.0653. The van der Waals surface area contributed by atoms with E-state index in [4.69, 9.17) is 0 Å². The number of nitrogens with zero attached hydrogens (tertiary/aromatic N) is 1. The van der Waals surface area contributed by atoms with Crippen LogP contribution >= 0.6 is 0 Å². The van der Waals surface area contributed by atoms with Gasteiger partial charge in [-0.05, 0) is 24.0 Å². The topological polar surface area (TPSA) is 32.3 Å². The maximum atomic E-state index is 12.8. The molecule has 1 aromatic rings. The van der Waals surface area contributed by atoms with Crippen LogP contribution in [0.4, 0.5) is 0 Å². The van der Waals surface area contributed by atoms with Crippen molar-refractivity contribution in [1.29, 1.82) is 0 Å². The summed E-state index contributed by atoms with van der Waals surface area (Å²) in [5, 5.41) is 3.32. The van der Waals surface area contributed by atoms with E-state index in [9.17, 15) is 4.79 Å². The van der Waals surface area contributed by atoms with E-state index in [0.717, 1.165) is 30.8 Å². The number of rotatable bonds is 1. The lowest BCUT2D eigenvalue weighted by atomic mass is 9.83. The van der Waals surface area contributed by atoms with Crippen LogP contribution in [-0.2, 0) is 5.41 Å². The molecule has 2 rings (SSSR count). The maximum absolute atomic E-state index is 12.8. The van der Waals surface area contributed by atoms with Gasteiger partial charge < -0.3 is 10.2 Å². The molecule has 0 unspecified atom stereocenters. The van der Waals surface area contributed by atoms with E-state index >= 15 is 0 Å². The van der Waals surface area contributed by atoms with Gasteiger partial charge in [0.15, 0.2) is 0 Å². The van der Waals surface area contributed by atoms with Gasteiger partial charge in [-0.2, -0.15) is 0 Å². The number of nitrogens with one attached hydrogen (secondary N) is 1. The fourth-order valence-corrected chi connectivity index (χ4v) is 2.62. The second-order valence-electron chi connectivity index (χ2n) is 6.35. The van der Waals surface area contributed by atoms with Crippen LogP contribution in [0.5, 0.6) is 0 Å². The summed E-state index contributed by atoms with van der Waals surface area (Å²) in [7, 11) is 0. The van der Waals surface area contributed by atoms with Crippen LogP contribution in [0.1, 0.15) is 43.6 Å². The Bertz CT molecular complexity index is 462. The Labute approximate surface area is 116 Å². The number of hydrogen-bond acceptors (Lipinski definition) is 2. The summed E-state index contributed by atoms with van der Waals surface area (Å²) in [5.74, 6) is 0.166. The van der Waals surface area contributed by atoms with Gasteiger partial charge >= 0.3 is 0 Å². The first-order valence-corrected chi connectivity index (χ1v) is 7.02. The first-order valence-electron chi connectivity index (χ1n) is 7.02. The summed E-state index contributed by atoms with van der Waals surface area (Å²) in [6, 6.07) is 8.25. The molecule has 1 aliphatic rings. The number of hydrogen-bond donors (Lipinski definition) is 1. The lowest BCUT2D eigenvalue weighted by Gasteiger charge is -2.35. The van der Waals surface area contributed by atoms with Crippen LogP contribution < -0.4 is 5.32 Å². The number of benzene rings is 1. The van der Waals surface area contributed by atoms with Gasteiger partial charge in [-0.25, -0.2) is 0 Å². The average Bonchev–Trinajstić information content (AvgIpc) is 2.37. The van der Waals surface area contributed by atoms with E-state index in [1.165, 1.54) is 0 Å². The maximum Gasteiger partial charge on any atom is 0.254 e. The van der Waals surface area contributed by atoms with Gasteiger partial charge in [0.1, 0.15) is 0 Å². The number of carbonyl (C=O) groups excluding carboxylic acids is 1. The Kier molecular flexibility index (Phi) is 3.95. The van der Waals surface area contributed by atoms with Crippen molar-refractivity contribution in [2.24, 2.45) is 0 Å². The zero-order valence-electron chi connectivity index (χ0n) is 12.4. The fourth-order valence-electron chi connectivity index (χ4n) is 2.62. The summed E-state index contributed by atoms with van der Waals surface area (Å²) in [6.07, 6.45) is 0. The fraction of sp³-hybridized carbons (Fsp3) is 0.562. The van der Waals surface area contributed by atoms with Crippen molar-refractivity contribution in [3.05, 3.63) is 35.4 Å². The van der Waals surface area contributed by atoms with Crippen molar-refractivity contribution >= 4 is 5.91 Å². The molecule has 1 fully saturated rings. The molecule has 1 heterocycles. The van der Waals surface area contributed by atoms with Crippen molar-refractivity contribution in [1.82, 2.24) is 10.2 Å². The number of piperazine rings is 1. The quantitative estimate of drug-likeness (QED) is 0.841. The van der Waals surface area contributed by atoms with Crippen molar-refractivity contribution < 1.29 is 4.79 Å². The molecule has 0 aliphatic carbocycles. The normalized spacial score (nSPS) is 20.4.